The Kier molecular flexibility index (Phi) is 3.72. The van der Waals surface area contributed by atoms with E-state index in [0.29, 0.717) is 0 Å². The van der Waals surface area contributed by atoms with Crippen molar-refractivity contribution < 1.29 is 0 Å². The molecule has 2 heterocycles. The summed E-state index contributed by atoms with van der Waals surface area (Å²) in [5.41, 5.74) is 0. The van der Waals surface area contributed by atoms with E-state index < -0.39 is 0 Å². The molecule has 16 heavy (non-hydrogen) atoms. The van der Waals surface area contributed by atoms with Gasteiger partial charge in [-0.2, -0.15) is 0 Å². The molecule has 0 radical (unpaired) electrons. The van der Waals surface area contributed by atoms with Gasteiger partial charge in [0.15, 0.2) is 0 Å². The second kappa shape index (κ2) is 5.25. The molecule has 1 saturated heterocycles. The number of aromatic nitrogens is 2. The van der Waals surface area contributed by atoms with Crippen molar-refractivity contribution in [3.63, 3.8) is 0 Å². The first-order chi connectivity index (χ1) is 7.75. The van der Waals surface area contributed by atoms with Gasteiger partial charge in [0.2, 0.25) is 0 Å². The number of nitrogens with zero attached hydrogens (tertiary/aromatic N) is 3. The molecule has 1 N–H and O–H groups in total. The van der Waals surface area contributed by atoms with Crippen molar-refractivity contribution in [3.05, 3.63) is 18.1 Å². The molecule has 1 aliphatic rings. The van der Waals surface area contributed by atoms with Crippen molar-refractivity contribution in [1.29, 1.82) is 0 Å². The van der Waals surface area contributed by atoms with Crippen LogP contribution in [-0.2, 0) is 0 Å². The number of hydrogen-bond donors (Lipinski definition) is 1. The summed E-state index contributed by atoms with van der Waals surface area (Å²) in [7, 11) is 2.11. The van der Waals surface area contributed by atoms with Crippen LogP contribution in [0.2, 0.25) is 0 Å². The number of rotatable bonds is 3. The Bertz CT molecular complexity index is 334. The molecule has 4 nitrogen and oxygen atoms in total. The molecule has 0 bridgehead atoms. The Hall–Kier alpha value is -1.16. The topological polar surface area (TPSA) is 41.1 Å². The zero-order valence-electron chi connectivity index (χ0n) is 10.1. The standard InChI is InChI=1S/C12H20N4/c1-10-14-8-5-12(15-10)16(2)9-11-3-6-13-7-4-11/h5,8,11,13H,3-4,6-7,9H2,1-2H3. The second-order valence-corrected chi connectivity index (χ2v) is 4.54. The lowest BCUT2D eigenvalue weighted by molar-refractivity contribution is 0.377. The molecule has 0 aliphatic carbocycles. The monoisotopic (exact) mass is 220 g/mol. The Morgan fingerprint density at radius 3 is 2.88 bits per heavy atom. The first-order valence-corrected chi connectivity index (χ1v) is 5.97. The van der Waals surface area contributed by atoms with E-state index in [2.05, 4.69) is 27.2 Å². The van der Waals surface area contributed by atoms with E-state index in [0.717, 1.165) is 37.2 Å². The highest BCUT2D eigenvalue weighted by Crippen LogP contribution is 2.16. The molecule has 1 aromatic heterocycles. The van der Waals surface area contributed by atoms with Crippen LogP contribution >= 0.6 is 0 Å². The smallest absolute Gasteiger partial charge is 0.131 e. The second-order valence-electron chi connectivity index (χ2n) is 4.54. The third-order valence-electron chi connectivity index (χ3n) is 3.14. The SMILES string of the molecule is Cc1nccc(N(C)CC2CCNCC2)n1. The van der Waals surface area contributed by atoms with Gasteiger partial charge < -0.3 is 10.2 Å². The molecule has 88 valence electrons. The highest BCUT2D eigenvalue weighted by Gasteiger charge is 2.15. The summed E-state index contributed by atoms with van der Waals surface area (Å²) in [6.45, 7) is 5.34. The zero-order valence-corrected chi connectivity index (χ0v) is 10.1. The molecular weight excluding hydrogens is 200 g/mol. The maximum atomic E-state index is 4.44. The lowest BCUT2D eigenvalue weighted by Crippen LogP contribution is -2.34. The van der Waals surface area contributed by atoms with Crippen molar-refractivity contribution in [3.8, 4) is 0 Å². The summed E-state index contributed by atoms with van der Waals surface area (Å²) in [4.78, 5) is 10.8. The van der Waals surface area contributed by atoms with E-state index in [4.69, 9.17) is 0 Å². The lowest BCUT2D eigenvalue weighted by Gasteiger charge is -2.28. The van der Waals surface area contributed by atoms with Crippen molar-refractivity contribution in [2.45, 2.75) is 19.8 Å². The van der Waals surface area contributed by atoms with E-state index in [9.17, 15) is 0 Å². The first kappa shape index (κ1) is 11.3. The van der Waals surface area contributed by atoms with Crippen molar-refractivity contribution >= 4 is 5.82 Å². The van der Waals surface area contributed by atoms with Crippen LogP contribution in [0.4, 0.5) is 5.82 Å². The Morgan fingerprint density at radius 1 is 1.44 bits per heavy atom. The lowest BCUT2D eigenvalue weighted by atomic mass is 9.98. The number of anilines is 1. The number of aryl methyl sites for hydroxylation is 1. The van der Waals surface area contributed by atoms with Gasteiger partial charge in [0, 0.05) is 19.8 Å². The van der Waals surface area contributed by atoms with Crippen LogP contribution < -0.4 is 10.2 Å². The highest BCUT2D eigenvalue weighted by atomic mass is 15.2. The molecule has 0 saturated carbocycles. The van der Waals surface area contributed by atoms with Crippen LogP contribution in [-0.4, -0.2) is 36.6 Å². The largest absolute Gasteiger partial charge is 0.359 e. The van der Waals surface area contributed by atoms with Crippen LogP contribution in [0, 0.1) is 12.8 Å². The van der Waals surface area contributed by atoms with Gasteiger partial charge in [-0.15, -0.1) is 0 Å². The molecule has 2 rings (SSSR count). The average Bonchev–Trinajstić information content (AvgIpc) is 2.30. The fourth-order valence-electron chi connectivity index (χ4n) is 2.20. The predicted octanol–water partition coefficient (Wildman–Crippen LogP) is 1.22. The molecule has 0 amide bonds. The molecule has 1 aromatic rings. The summed E-state index contributed by atoms with van der Waals surface area (Å²) >= 11 is 0. The number of piperidine rings is 1. The minimum atomic E-state index is 0.793. The normalized spacial score (nSPS) is 17.4. The third kappa shape index (κ3) is 2.92. The van der Waals surface area contributed by atoms with Crippen LogP contribution in [0.5, 0.6) is 0 Å². The van der Waals surface area contributed by atoms with Crippen LogP contribution in [0.15, 0.2) is 12.3 Å². The van der Waals surface area contributed by atoms with Crippen molar-refractivity contribution in [1.82, 2.24) is 15.3 Å². The maximum absolute atomic E-state index is 4.44. The first-order valence-electron chi connectivity index (χ1n) is 5.97. The summed E-state index contributed by atoms with van der Waals surface area (Å²) in [5.74, 6) is 2.67. The van der Waals surface area contributed by atoms with Crippen LogP contribution in [0.1, 0.15) is 18.7 Å². The van der Waals surface area contributed by atoms with Crippen molar-refractivity contribution in [2.24, 2.45) is 5.92 Å². The number of nitrogens with one attached hydrogen (secondary N) is 1. The van der Waals surface area contributed by atoms with Crippen LogP contribution in [0.3, 0.4) is 0 Å². The molecule has 0 atom stereocenters. The fourth-order valence-corrected chi connectivity index (χ4v) is 2.20. The van der Waals surface area contributed by atoms with Crippen LogP contribution in [0.25, 0.3) is 0 Å². The van der Waals surface area contributed by atoms with Gasteiger partial charge in [0.1, 0.15) is 11.6 Å². The Morgan fingerprint density at radius 2 is 2.19 bits per heavy atom. The third-order valence-corrected chi connectivity index (χ3v) is 3.14. The van der Waals surface area contributed by atoms with E-state index >= 15 is 0 Å². The number of hydrogen-bond acceptors (Lipinski definition) is 4. The van der Waals surface area contributed by atoms with E-state index in [1.54, 1.807) is 0 Å². The fraction of sp³-hybridized carbons (Fsp3) is 0.667. The predicted molar refractivity (Wildman–Crippen MR) is 65.6 cm³/mol. The van der Waals surface area contributed by atoms with Gasteiger partial charge in [0.25, 0.3) is 0 Å². The maximum Gasteiger partial charge on any atom is 0.131 e. The molecule has 0 unspecified atom stereocenters. The summed E-state index contributed by atoms with van der Waals surface area (Å²) < 4.78 is 0. The van der Waals surface area contributed by atoms with E-state index in [1.165, 1.54) is 12.8 Å². The minimum Gasteiger partial charge on any atom is -0.359 e. The molecule has 4 heteroatoms. The van der Waals surface area contributed by atoms with E-state index in [1.807, 2.05) is 19.2 Å². The average molecular weight is 220 g/mol. The quantitative estimate of drug-likeness (QED) is 0.831. The van der Waals surface area contributed by atoms with E-state index in [-0.39, 0.29) is 0 Å². The summed E-state index contributed by atoms with van der Waals surface area (Å²) in [5, 5.41) is 3.39. The van der Waals surface area contributed by atoms with Gasteiger partial charge >= 0.3 is 0 Å². The molecular formula is C12H20N4. The van der Waals surface area contributed by atoms with Crippen molar-refractivity contribution in [2.75, 3.05) is 31.6 Å². The Balaban J connectivity index is 1.94. The molecule has 0 aromatic carbocycles. The summed E-state index contributed by atoms with van der Waals surface area (Å²) in [6, 6.07) is 1.98. The highest BCUT2D eigenvalue weighted by molar-refractivity contribution is 5.36. The van der Waals surface area contributed by atoms with Gasteiger partial charge in [-0.25, -0.2) is 9.97 Å². The van der Waals surface area contributed by atoms with Gasteiger partial charge in [-0.1, -0.05) is 0 Å². The minimum absolute atomic E-state index is 0.793. The van der Waals surface area contributed by atoms with Gasteiger partial charge in [-0.05, 0) is 44.8 Å². The van der Waals surface area contributed by atoms with Gasteiger partial charge in [0.05, 0.1) is 0 Å². The Labute approximate surface area is 97.1 Å². The summed E-state index contributed by atoms with van der Waals surface area (Å²) in [6.07, 6.45) is 4.37. The molecule has 0 spiro atoms. The molecule has 1 fully saturated rings. The zero-order chi connectivity index (χ0) is 11.4. The molecule has 1 aliphatic heterocycles. The van der Waals surface area contributed by atoms with Gasteiger partial charge in [-0.3, -0.25) is 0 Å².